The largest absolute Gasteiger partial charge is 0.354 e. The van der Waals surface area contributed by atoms with Gasteiger partial charge in [0.15, 0.2) is 0 Å². The van der Waals surface area contributed by atoms with Crippen molar-refractivity contribution in [2.45, 2.75) is 58.0 Å². The summed E-state index contributed by atoms with van der Waals surface area (Å²) in [5.41, 5.74) is 1.19. The molecule has 9 nitrogen and oxygen atoms in total. The zero-order chi connectivity index (χ0) is 25.4. The lowest BCUT2D eigenvalue weighted by Crippen LogP contribution is -2.54. The number of pyridine rings is 1. The van der Waals surface area contributed by atoms with E-state index < -0.39 is 6.04 Å². The lowest BCUT2D eigenvalue weighted by molar-refractivity contribution is -0.121. The summed E-state index contributed by atoms with van der Waals surface area (Å²) in [7, 11) is 3.89. The molecule has 9 heteroatoms. The number of carbonyl (C=O) groups excluding carboxylic acids is 2. The summed E-state index contributed by atoms with van der Waals surface area (Å²) in [4.78, 5) is 36.2. The van der Waals surface area contributed by atoms with E-state index in [1.807, 2.05) is 12.1 Å². The first kappa shape index (κ1) is 24.7. The van der Waals surface area contributed by atoms with Gasteiger partial charge in [-0.25, -0.2) is 4.98 Å². The van der Waals surface area contributed by atoms with E-state index in [1.54, 1.807) is 30.2 Å². The van der Waals surface area contributed by atoms with Gasteiger partial charge in [-0.3, -0.25) is 14.3 Å². The Kier molecular flexibility index (Phi) is 6.76. The number of anilines is 2. The molecule has 2 aromatic rings. The van der Waals surface area contributed by atoms with Gasteiger partial charge >= 0.3 is 0 Å². The number of aryl methyl sites for hydroxylation is 1. The third-order valence-electron chi connectivity index (χ3n) is 8.78. The van der Waals surface area contributed by atoms with Crippen molar-refractivity contribution in [2.75, 3.05) is 36.9 Å². The Morgan fingerprint density at radius 2 is 1.92 bits per heavy atom. The Hall–Kier alpha value is -2.94. The molecule has 0 aromatic carbocycles. The number of hydrogen-bond acceptors (Lipinski definition) is 6. The van der Waals surface area contributed by atoms with Crippen molar-refractivity contribution < 1.29 is 9.59 Å². The van der Waals surface area contributed by atoms with E-state index >= 15 is 0 Å². The Morgan fingerprint density at radius 3 is 2.47 bits per heavy atom. The van der Waals surface area contributed by atoms with E-state index in [1.165, 1.54) is 6.42 Å². The summed E-state index contributed by atoms with van der Waals surface area (Å²) in [5.74, 6) is 1.06. The predicted molar refractivity (Wildman–Crippen MR) is 140 cm³/mol. The highest BCUT2D eigenvalue weighted by molar-refractivity contribution is 6.00. The second-order valence-electron chi connectivity index (χ2n) is 11.3. The molecule has 3 heterocycles. The number of hydrogen-bond donors (Lipinski definition) is 2. The fraction of sp³-hybridized carbons (Fsp3) is 0.630. The lowest BCUT2D eigenvalue weighted by atomic mass is 9.66. The zero-order valence-electron chi connectivity index (χ0n) is 21.9. The summed E-state index contributed by atoms with van der Waals surface area (Å²) >= 11 is 0. The minimum Gasteiger partial charge on any atom is -0.354 e. The second kappa shape index (κ2) is 9.84. The summed E-state index contributed by atoms with van der Waals surface area (Å²) in [6, 6.07) is 5.44. The molecule has 2 aliphatic carbocycles. The Labute approximate surface area is 213 Å². The number of nitrogens with zero attached hydrogens (tertiary/aromatic N) is 5. The normalized spacial score (nSPS) is 23.4. The first-order valence-electron chi connectivity index (χ1n) is 13.3. The highest BCUT2D eigenvalue weighted by atomic mass is 16.2. The van der Waals surface area contributed by atoms with Crippen molar-refractivity contribution in [3.05, 3.63) is 36.3 Å². The monoisotopic (exact) mass is 493 g/mol. The van der Waals surface area contributed by atoms with Crippen LogP contribution in [0.2, 0.25) is 0 Å². The summed E-state index contributed by atoms with van der Waals surface area (Å²) in [5, 5.41) is 10.3. The van der Waals surface area contributed by atoms with Crippen molar-refractivity contribution in [1.82, 2.24) is 25.0 Å². The average molecular weight is 494 g/mol. The van der Waals surface area contributed by atoms with Crippen molar-refractivity contribution in [3.63, 3.8) is 0 Å². The van der Waals surface area contributed by atoms with Crippen molar-refractivity contribution in [2.24, 2.45) is 24.3 Å². The van der Waals surface area contributed by atoms with Crippen molar-refractivity contribution in [1.29, 1.82) is 0 Å². The molecule has 194 valence electrons. The first-order chi connectivity index (χ1) is 17.2. The standard InChI is InChI=1S/C27H39N7O2/c1-18-17-34(15-14-32(18)3)22-9-8-20(16-28-22)30-26(36)24(31-25(35)21-10-13-29-33(21)4)23(19-6-5-7-19)27(2)11-12-27/h8-10,13,16,18-19,23-24H,5-7,11-12,14-15,17H2,1-4H3,(H,30,36)(H,31,35)/t18?,23?,24-/m0/s1. The van der Waals surface area contributed by atoms with E-state index in [4.69, 9.17) is 0 Å². The van der Waals surface area contributed by atoms with E-state index in [0.717, 1.165) is 51.1 Å². The van der Waals surface area contributed by atoms with Crippen LogP contribution in [-0.2, 0) is 11.8 Å². The molecule has 2 saturated carbocycles. The van der Waals surface area contributed by atoms with E-state index in [2.05, 4.69) is 51.4 Å². The fourth-order valence-electron chi connectivity index (χ4n) is 5.83. The minimum atomic E-state index is -0.608. The number of carbonyl (C=O) groups is 2. The highest BCUT2D eigenvalue weighted by Crippen LogP contribution is 2.58. The zero-order valence-corrected chi connectivity index (χ0v) is 21.9. The van der Waals surface area contributed by atoms with Gasteiger partial charge < -0.3 is 20.4 Å². The minimum absolute atomic E-state index is 0.0903. The maximum Gasteiger partial charge on any atom is 0.270 e. The van der Waals surface area contributed by atoms with Gasteiger partial charge in [-0.1, -0.05) is 26.2 Å². The third kappa shape index (κ3) is 4.98. The van der Waals surface area contributed by atoms with Crippen LogP contribution in [0, 0.1) is 17.3 Å². The average Bonchev–Trinajstić information content (AvgIpc) is 3.42. The Bertz CT molecular complexity index is 1090. The van der Waals surface area contributed by atoms with Gasteiger partial charge in [-0.15, -0.1) is 0 Å². The lowest BCUT2D eigenvalue weighted by Gasteiger charge is -2.42. The van der Waals surface area contributed by atoms with Crippen LogP contribution in [0.3, 0.4) is 0 Å². The molecule has 0 bridgehead atoms. The SMILES string of the molecule is CC1CN(c2ccc(NC(=O)[C@@H](NC(=O)c3ccnn3C)C(C3CCC3)C3(C)CC3)cn2)CCN1C. The van der Waals surface area contributed by atoms with E-state index in [0.29, 0.717) is 23.3 Å². The van der Waals surface area contributed by atoms with Gasteiger partial charge in [0.05, 0.1) is 11.9 Å². The molecule has 0 spiro atoms. The molecule has 0 radical (unpaired) electrons. The van der Waals surface area contributed by atoms with Crippen LogP contribution in [0.25, 0.3) is 0 Å². The number of rotatable bonds is 8. The molecule has 3 aliphatic rings. The fourth-order valence-corrected chi connectivity index (χ4v) is 5.83. The molecular formula is C27H39N7O2. The molecule has 1 saturated heterocycles. The first-order valence-corrected chi connectivity index (χ1v) is 13.3. The second-order valence-corrected chi connectivity index (χ2v) is 11.3. The summed E-state index contributed by atoms with van der Waals surface area (Å²) < 4.78 is 1.54. The van der Waals surface area contributed by atoms with E-state index in [-0.39, 0.29) is 23.1 Å². The topological polar surface area (TPSA) is 95.4 Å². The number of nitrogens with one attached hydrogen (secondary N) is 2. The van der Waals surface area contributed by atoms with Crippen LogP contribution in [0.4, 0.5) is 11.5 Å². The number of piperazine rings is 1. The molecule has 2 amide bonds. The van der Waals surface area contributed by atoms with Crippen LogP contribution in [0.1, 0.15) is 56.4 Å². The predicted octanol–water partition coefficient (Wildman–Crippen LogP) is 2.91. The summed E-state index contributed by atoms with van der Waals surface area (Å²) in [6.07, 6.45) is 8.95. The van der Waals surface area contributed by atoms with Gasteiger partial charge in [0.25, 0.3) is 5.91 Å². The number of likely N-dealkylation sites (N-methyl/N-ethyl adjacent to an activating group) is 1. The van der Waals surface area contributed by atoms with Crippen molar-refractivity contribution in [3.8, 4) is 0 Å². The maximum absolute atomic E-state index is 13.7. The van der Waals surface area contributed by atoms with E-state index in [9.17, 15) is 9.59 Å². The number of aromatic nitrogens is 3. The molecule has 2 aromatic heterocycles. The number of amides is 2. The van der Waals surface area contributed by atoms with Gasteiger partial charge in [-0.2, -0.15) is 5.10 Å². The van der Waals surface area contributed by atoms with Crippen LogP contribution in [-0.4, -0.2) is 70.2 Å². The molecule has 5 rings (SSSR count). The highest BCUT2D eigenvalue weighted by Gasteiger charge is 2.54. The van der Waals surface area contributed by atoms with Crippen LogP contribution >= 0.6 is 0 Å². The summed E-state index contributed by atoms with van der Waals surface area (Å²) in [6.45, 7) is 7.35. The van der Waals surface area contributed by atoms with Gasteiger partial charge in [0.2, 0.25) is 5.91 Å². The molecule has 36 heavy (non-hydrogen) atoms. The van der Waals surface area contributed by atoms with Gasteiger partial charge in [0, 0.05) is 38.9 Å². The smallest absolute Gasteiger partial charge is 0.270 e. The van der Waals surface area contributed by atoms with Crippen molar-refractivity contribution >= 4 is 23.3 Å². The third-order valence-corrected chi connectivity index (χ3v) is 8.78. The molecular weight excluding hydrogens is 454 g/mol. The maximum atomic E-state index is 13.7. The molecule has 3 fully saturated rings. The molecule has 1 aliphatic heterocycles. The molecule has 2 unspecified atom stereocenters. The Morgan fingerprint density at radius 1 is 1.14 bits per heavy atom. The van der Waals surface area contributed by atoms with Crippen LogP contribution in [0.5, 0.6) is 0 Å². The van der Waals surface area contributed by atoms with Gasteiger partial charge in [-0.05, 0) is 62.3 Å². The van der Waals surface area contributed by atoms with Crippen LogP contribution < -0.4 is 15.5 Å². The molecule has 3 atom stereocenters. The quantitative estimate of drug-likeness (QED) is 0.587. The Balaban J connectivity index is 1.33. The molecule has 2 N–H and O–H groups in total. The van der Waals surface area contributed by atoms with Crippen LogP contribution in [0.15, 0.2) is 30.6 Å². The van der Waals surface area contributed by atoms with Gasteiger partial charge in [0.1, 0.15) is 17.6 Å².